The largest absolute Gasteiger partial charge is 0.508 e. The summed E-state index contributed by atoms with van der Waals surface area (Å²) < 4.78 is 0. The first-order chi connectivity index (χ1) is 8.15. The number of aromatic nitrogens is 1. The number of aromatic hydroxyl groups is 1. The molecule has 3 nitrogen and oxygen atoms in total. The van der Waals surface area contributed by atoms with Crippen LogP contribution in [0.5, 0.6) is 5.75 Å². The Morgan fingerprint density at radius 2 is 2.06 bits per heavy atom. The minimum atomic E-state index is 0.250. The highest BCUT2D eigenvalue weighted by Crippen LogP contribution is 2.17. The van der Waals surface area contributed by atoms with Gasteiger partial charge in [-0.1, -0.05) is 12.1 Å². The summed E-state index contributed by atoms with van der Waals surface area (Å²) in [6, 6.07) is 7.53. The van der Waals surface area contributed by atoms with Crippen LogP contribution in [0, 0.1) is 6.92 Å². The molecule has 0 aliphatic heterocycles. The molecule has 1 atom stereocenters. The Hall–Kier alpha value is -1.39. The van der Waals surface area contributed by atoms with E-state index in [0.29, 0.717) is 5.75 Å². The molecular weight excluding hydrogens is 232 g/mol. The highest BCUT2D eigenvalue weighted by Gasteiger charge is 2.06. The summed E-state index contributed by atoms with van der Waals surface area (Å²) >= 11 is 1.68. The first-order valence-electron chi connectivity index (χ1n) is 5.58. The lowest BCUT2D eigenvalue weighted by Gasteiger charge is -2.13. The number of rotatable bonds is 4. The fraction of sp³-hybridized carbons (Fsp3) is 0.308. The molecule has 2 rings (SSSR count). The SMILES string of the molecule is Cc1csc(CNC(C)c2ccc(O)cc2)n1. The van der Waals surface area contributed by atoms with E-state index < -0.39 is 0 Å². The maximum atomic E-state index is 9.22. The van der Waals surface area contributed by atoms with Gasteiger partial charge >= 0.3 is 0 Å². The van der Waals surface area contributed by atoms with E-state index in [1.165, 1.54) is 0 Å². The number of hydrogen-bond donors (Lipinski definition) is 2. The molecule has 1 aromatic carbocycles. The van der Waals surface area contributed by atoms with E-state index in [1.54, 1.807) is 23.5 Å². The molecule has 0 amide bonds. The molecule has 90 valence electrons. The highest BCUT2D eigenvalue weighted by molar-refractivity contribution is 7.09. The average molecular weight is 248 g/mol. The van der Waals surface area contributed by atoms with Gasteiger partial charge < -0.3 is 10.4 Å². The third-order valence-corrected chi connectivity index (χ3v) is 3.59. The predicted molar refractivity (Wildman–Crippen MR) is 70.2 cm³/mol. The van der Waals surface area contributed by atoms with Crippen LogP contribution in [-0.4, -0.2) is 10.1 Å². The summed E-state index contributed by atoms with van der Waals surface area (Å²) in [5.41, 5.74) is 2.24. The third kappa shape index (κ3) is 3.28. The second kappa shape index (κ2) is 5.29. The number of phenols is 1. The maximum absolute atomic E-state index is 9.22. The zero-order chi connectivity index (χ0) is 12.3. The molecule has 1 unspecified atom stereocenters. The first-order valence-corrected chi connectivity index (χ1v) is 6.46. The van der Waals surface area contributed by atoms with Gasteiger partial charge in [-0.2, -0.15) is 0 Å². The summed E-state index contributed by atoms with van der Waals surface area (Å²) in [5, 5.41) is 15.8. The lowest BCUT2D eigenvalue weighted by atomic mass is 10.1. The van der Waals surface area contributed by atoms with Gasteiger partial charge in [0, 0.05) is 23.7 Å². The summed E-state index contributed by atoms with van der Waals surface area (Å²) in [7, 11) is 0. The van der Waals surface area contributed by atoms with Crippen molar-refractivity contribution < 1.29 is 5.11 Å². The zero-order valence-corrected chi connectivity index (χ0v) is 10.8. The standard InChI is InChI=1S/C13H16N2OS/c1-9-8-17-13(15-9)7-14-10(2)11-3-5-12(16)6-4-11/h3-6,8,10,14,16H,7H2,1-2H3. The molecule has 2 aromatic rings. The molecule has 0 spiro atoms. The molecule has 0 fully saturated rings. The Morgan fingerprint density at radius 3 is 2.65 bits per heavy atom. The average Bonchev–Trinajstić information content (AvgIpc) is 2.73. The molecule has 0 radical (unpaired) electrons. The van der Waals surface area contributed by atoms with E-state index in [-0.39, 0.29) is 6.04 Å². The normalized spacial score (nSPS) is 12.6. The summed E-state index contributed by atoms with van der Waals surface area (Å²) in [4.78, 5) is 4.41. The van der Waals surface area contributed by atoms with E-state index in [4.69, 9.17) is 0 Å². The van der Waals surface area contributed by atoms with Crippen molar-refractivity contribution in [1.82, 2.24) is 10.3 Å². The van der Waals surface area contributed by atoms with Crippen molar-refractivity contribution in [3.05, 3.63) is 45.9 Å². The van der Waals surface area contributed by atoms with Crippen molar-refractivity contribution in [3.8, 4) is 5.75 Å². The zero-order valence-electron chi connectivity index (χ0n) is 9.97. The molecule has 17 heavy (non-hydrogen) atoms. The van der Waals surface area contributed by atoms with Gasteiger partial charge in [-0.05, 0) is 31.5 Å². The maximum Gasteiger partial charge on any atom is 0.115 e. The molecule has 0 bridgehead atoms. The van der Waals surface area contributed by atoms with Gasteiger partial charge in [-0.3, -0.25) is 0 Å². The van der Waals surface area contributed by atoms with Gasteiger partial charge in [0.05, 0.1) is 0 Å². The van der Waals surface area contributed by atoms with Gasteiger partial charge in [0.1, 0.15) is 10.8 Å². The highest BCUT2D eigenvalue weighted by atomic mass is 32.1. The number of thiazole rings is 1. The van der Waals surface area contributed by atoms with Crippen molar-refractivity contribution in [2.24, 2.45) is 0 Å². The van der Waals surface area contributed by atoms with Gasteiger partial charge in [0.25, 0.3) is 0 Å². The van der Waals surface area contributed by atoms with Gasteiger partial charge in [0.2, 0.25) is 0 Å². The number of benzene rings is 1. The van der Waals surface area contributed by atoms with E-state index in [9.17, 15) is 5.11 Å². The predicted octanol–water partition coefficient (Wildman–Crippen LogP) is 3.01. The van der Waals surface area contributed by atoms with Crippen LogP contribution < -0.4 is 5.32 Å². The lowest BCUT2D eigenvalue weighted by Crippen LogP contribution is -2.17. The van der Waals surface area contributed by atoms with Gasteiger partial charge in [0.15, 0.2) is 0 Å². The topological polar surface area (TPSA) is 45.1 Å². The van der Waals surface area contributed by atoms with Crippen LogP contribution in [0.15, 0.2) is 29.6 Å². The molecular formula is C13H16N2OS. The molecule has 1 heterocycles. The summed E-state index contributed by atoms with van der Waals surface area (Å²) in [5.74, 6) is 0.302. The molecule has 4 heteroatoms. The van der Waals surface area contributed by atoms with Gasteiger partial charge in [-0.15, -0.1) is 11.3 Å². The second-order valence-corrected chi connectivity index (χ2v) is 5.02. The number of hydrogen-bond acceptors (Lipinski definition) is 4. The fourth-order valence-corrected chi connectivity index (χ4v) is 2.33. The Morgan fingerprint density at radius 1 is 1.35 bits per heavy atom. The van der Waals surface area contributed by atoms with E-state index in [2.05, 4.69) is 22.6 Å². The number of phenolic OH excluding ortho intramolecular Hbond substituents is 1. The molecule has 0 saturated heterocycles. The molecule has 2 N–H and O–H groups in total. The Labute approximate surface area is 105 Å². The number of nitrogens with one attached hydrogen (secondary N) is 1. The fourth-order valence-electron chi connectivity index (χ4n) is 1.61. The quantitative estimate of drug-likeness (QED) is 0.874. The monoisotopic (exact) mass is 248 g/mol. The van der Waals surface area contributed by atoms with E-state index in [1.807, 2.05) is 19.1 Å². The third-order valence-electron chi connectivity index (χ3n) is 2.62. The van der Waals surface area contributed by atoms with Crippen molar-refractivity contribution >= 4 is 11.3 Å². The minimum Gasteiger partial charge on any atom is -0.508 e. The number of aryl methyl sites for hydroxylation is 1. The van der Waals surface area contributed by atoms with E-state index >= 15 is 0 Å². The lowest BCUT2D eigenvalue weighted by molar-refractivity contribution is 0.474. The Kier molecular flexibility index (Phi) is 3.76. The molecule has 1 aromatic heterocycles. The first kappa shape index (κ1) is 12.1. The van der Waals surface area contributed by atoms with Crippen LogP contribution in [0.4, 0.5) is 0 Å². The minimum absolute atomic E-state index is 0.250. The van der Waals surface area contributed by atoms with Crippen molar-refractivity contribution in [2.45, 2.75) is 26.4 Å². The summed E-state index contributed by atoms with van der Waals surface area (Å²) in [6.07, 6.45) is 0. The van der Waals surface area contributed by atoms with Crippen molar-refractivity contribution in [1.29, 1.82) is 0 Å². The van der Waals surface area contributed by atoms with Crippen molar-refractivity contribution in [2.75, 3.05) is 0 Å². The van der Waals surface area contributed by atoms with Crippen LogP contribution in [0.2, 0.25) is 0 Å². The van der Waals surface area contributed by atoms with E-state index in [0.717, 1.165) is 22.8 Å². The molecule has 0 saturated carbocycles. The smallest absolute Gasteiger partial charge is 0.115 e. The van der Waals surface area contributed by atoms with Crippen LogP contribution in [0.3, 0.4) is 0 Å². The summed E-state index contributed by atoms with van der Waals surface area (Å²) in [6.45, 7) is 4.89. The second-order valence-electron chi connectivity index (χ2n) is 4.08. The Balaban J connectivity index is 1.93. The van der Waals surface area contributed by atoms with Crippen LogP contribution in [0.1, 0.15) is 29.2 Å². The molecule has 0 aliphatic rings. The van der Waals surface area contributed by atoms with Crippen LogP contribution >= 0.6 is 11.3 Å². The van der Waals surface area contributed by atoms with Crippen LogP contribution in [-0.2, 0) is 6.54 Å². The van der Waals surface area contributed by atoms with Crippen molar-refractivity contribution in [3.63, 3.8) is 0 Å². The van der Waals surface area contributed by atoms with Gasteiger partial charge in [-0.25, -0.2) is 4.98 Å². The Bertz CT molecular complexity index is 478. The van der Waals surface area contributed by atoms with Crippen LogP contribution in [0.25, 0.3) is 0 Å². The number of nitrogens with zero attached hydrogens (tertiary/aromatic N) is 1. The molecule has 0 aliphatic carbocycles.